The Bertz CT molecular complexity index is 185. The topological polar surface area (TPSA) is 64.6 Å². The molecule has 1 N–H and O–H groups in total. The molecule has 13 heavy (non-hydrogen) atoms. The number of ketones is 1. The van der Waals surface area contributed by atoms with Gasteiger partial charge in [0.25, 0.3) is 0 Å². The first-order valence-corrected chi connectivity index (χ1v) is 4.70. The summed E-state index contributed by atoms with van der Waals surface area (Å²) in [6.45, 7) is 0.138. The molecule has 1 unspecified atom stereocenters. The molecule has 5 nitrogen and oxygen atoms in total. The van der Waals surface area contributed by atoms with Gasteiger partial charge in [0.15, 0.2) is 5.78 Å². The first-order chi connectivity index (χ1) is 6.15. The van der Waals surface area contributed by atoms with E-state index in [0.717, 1.165) is 0 Å². The standard InChI is InChI=1S/C7H12BrNO4/c1-12-4-5(6(10)3-8)9-7(11)13-2/h5H,3-4H2,1-2H3,(H,9,11). The first kappa shape index (κ1) is 12.4. The van der Waals surface area contributed by atoms with Crippen LogP contribution in [0.4, 0.5) is 4.79 Å². The average molecular weight is 254 g/mol. The molecule has 0 fully saturated rings. The molecule has 0 aromatic heterocycles. The molecule has 0 radical (unpaired) electrons. The molecule has 0 rings (SSSR count). The number of hydrogen-bond acceptors (Lipinski definition) is 4. The number of rotatable bonds is 5. The fourth-order valence-corrected chi connectivity index (χ4v) is 1.07. The summed E-state index contributed by atoms with van der Waals surface area (Å²) in [5.74, 6) is -0.160. The molecule has 0 aliphatic heterocycles. The summed E-state index contributed by atoms with van der Waals surface area (Å²) in [5, 5.41) is 2.52. The lowest BCUT2D eigenvalue weighted by atomic mass is 10.2. The molecule has 0 saturated heterocycles. The highest BCUT2D eigenvalue weighted by Gasteiger charge is 2.19. The predicted octanol–water partition coefficient (Wildman–Crippen LogP) is 0.321. The number of ether oxygens (including phenoxy) is 2. The van der Waals surface area contributed by atoms with Crippen LogP contribution in [-0.2, 0) is 14.3 Å². The number of carbonyl (C=O) groups excluding carboxylic acids is 2. The Morgan fingerprint density at radius 1 is 1.46 bits per heavy atom. The molecule has 0 aliphatic carbocycles. The predicted molar refractivity (Wildman–Crippen MR) is 50.0 cm³/mol. The molecule has 1 atom stereocenters. The van der Waals surface area contributed by atoms with E-state index in [4.69, 9.17) is 4.74 Å². The van der Waals surface area contributed by atoms with E-state index in [2.05, 4.69) is 26.0 Å². The van der Waals surface area contributed by atoms with Crippen molar-refractivity contribution in [1.29, 1.82) is 0 Å². The number of amides is 1. The van der Waals surface area contributed by atoms with Crippen LogP contribution in [0.3, 0.4) is 0 Å². The van der Waals surface area contributed by atoms with Crippen molar-refractivity contribution in [3.05, 3.63) is 0 Å². The fourth-order valence-electron chi connectivity index (χ4n) is 0.676. The third-order valence-electron chi connectivity index (χ3n) is 1.33. The Morgan fingerprint density at radius 2 is 2.08 bits per heavy atom. The highest BCUT2D eigenvalue weighted by atomic mass is 79.9. The van der Waals surface area contributed by atoms with Crippen LogP contribution >= 0.6 is 15.9 Å². The molecule has 6 heteroatoms. The van der Waals surface area contributed by atoms with Gasteiger partial charge in [-0.1, -0.05) is 15.9 Å². The van der Waals surface area contributed by atoms with Gasteiger partial charge in [-0.05, 0) is 0 Å². The monoisotopic (exact) mass is 253 g/mol. The number of carbonyl (C=O) groups is 2. The summed E-state index contributed by atoms with van der Waals surface area (Å²) in [6, 6.07) is -0.656. The van der Waals surface area contributed by atoms with Gasteiger partial charge in [0.05, 0.1) is 19.0 Å². The van der Waals surface area contributed by atoms with Crippen LogP contribution in [-0.4, -0.2) is 44.1 Å². The van der Waals surface area contributed by atoms with E-state index in [-0.39, 0.29) is 17.7 Å². The highest BCUT2D eigenvalue weighted by molar-refractivity contribution is 9.09. The molecular weight excluding hydrogens is 242 g/mol. The van der Waals surface area contributed by atoms with E-state index in [9.17, 15) is 9.59 Å². The van der Waals surface area contributed by atoms with E-state index in [1.807, 2.05) is 0 Å². The van der Waals surface area contributed by atoms with Crippen LogP contribution in [0.25, 0.3) is 0 Å². The molecule has 0 spiro atoms. The molecule has 0 saturated carbocycles. The van der Waals surface area contributed by atoms with Crippen LogP contribution in [0.2, 0.25) is 0 Å². The van der Waals surface area contributed by atoms with Crippen molar-refractivity contribution in [3.63, 3.8) is 0 Å². The quantitative estimate of drug-likeness (QED) is 0.717. The Labute approximate surface area is 84.9 Å². The van der Waals surface area contributed by atoms with Gasteiger partial charge in [-0.3, -0.25) is 4.79 Å². The number of nitrogens with one attached hydrogen (secondary N) is 1. The largest absolute Gasteiger partial charge is 0.453 e. The van der Waals surface area contributed by atoms with Gasteiger partial charge >= 0.3 is 6.09 Å². The summed E-state index contributed by atoms with van der Waals surface area (Å²) >= 11 is 3.00. The number of Topliss-reactive ketones (excluding diaryl/α,β-unsaturated/α-hetero) is 1. The van der Waals surface area contributed by atoms with Gasteiger partial charge < -0.3 is 14.8 Å². The zero-order valence-electron chi connectivity index (χ0n) is 7.50. The Hall–Kier alpha value is -0.620. The summed E-state index contributed by atoms with van der Waals surface area (Å²) in [7, 11) is 2.69. The highest BCUT2D eigenvalue weighted by Crippen LogP contribution is 1.93. The van der Waals surface area contributed by atoms with Gasteiger partial charge in [-0.25, -0.2) is 4.79 Å². The molecular formula is C7H12BrNO4. The number of methoxy groups -OCH3 is 2. The minimum atomic E-state index is -0.656. The lowest BCUT2D eigenvalue weighted by molar-refractivity contribution is -0.119. The second-order valence-corrected chi connectivity index (χ2v) is 2.80. The van der Waals surface area contributed by atoms with Crippen LogP contribution in [0.5, 0.6) is 0 Å². The third kappa shape index (κ3) is 4.84. The smallest absolute Gasteiger partial charge is 0.407 e. The molecule has 1 amide bonds. The summed E-state index contributed by atoms with van der Waals surface area (Å²) in [6.07, 6.45) is -0.642. The summed E-state index contributed by atoms with van der Waals surface area (Å²) < 4.78 is 9.11. The van der Waals surface area contributed by atoms with E-state index >= 15 is 0 Å². The fraction of sp³-hybridized carbons (Fsp3) is 0.714. The second kappa shape index (κ2) is 6.85. The molecule has 0 bridgehead atoms. The molecule has 0 heterocycles. The normalized spacial score (nSPS) is 11.9. The minimum absolute atomic E-state index is 0.138. The third-order valence-corrected chi connectivity index (χ3v) is 1.88. The summed E-state index contributed by atoms with van der Waals surface area (Å²) in [5.41, 5.74) is 0. The number of alkyl carbamates (subject to hydrolysis) is 1. The maximum absolute atomic E-state index is 11.2. The van der Waals surface area contributed by atoms with Crippen molar-refractivity contribution in [1.82, 2.24) is 5.32 Å². The molecule has 0 aliphatic rings. The number of alkyl halides is 1. The Kier molecular flexibility index (Phi) is 6.52. The first-order valence-electron chi connectivity index (χ1n) is 3.57. The lowest BCUT2D eigenvalue weighted by Gasteiger charge is -2.14. The van der Waals surface area contributed by atoms with Crippen molar-refractivity contribution in [2.75, 3.05) is 26.2 Å². The SMILES string of the molecule is COCC(NC(=O)OC)C(=O)CBr. The average Bonchev–Trinajstić information content (AvgIpc) is 2.15. The number of halogens is 1. The van der Waals surface area contributed by atoms with Crippen LogP contribution in [0.1, 0.15) is 0 Å². The van der Waals surface area contributed by atoms with Gasteiger partial charge in [0.1, 0.15) is 6.04 Å². The number of hydrogen-bond donors (Lipinski definition) is 1. The van der Waals surface area contributed by atoms with E-state index < -0.39 is 12.1 Å². The van der Waals surface area contributed by atoms with Gasteiger partial charge in [0.2, 0.25) is 0 Å². The Morgan fingerprint density at radius 3 is 2.46 bits per heavy atom. The molecule has 0 aromatic carbocycles. The maximum atomic E-state index is 11.2. The van der Waals surface area contributed by atoms with Gasteiger partial charge in [-0.2, -0.15) is 0 Å². The van der Waals surface area contributed by atoms with Crippen LogP contribution < -0.4 is 5.32 Å². The van der Waals surface area contributed by atoms with E-state index in [1.165, 1.54) is 14.2 Å². The Balaban J connectivity index is 4.08. The second-order valence-electron chi connectivity index (χ2n) is 2.24. The van der Waals surface area contributed by atoms with E-state index in [1.54, 1.807) is 0 Å². The minimum Gasteiger partial charge on any atom is -0.453 e. The molecule has 76 valence electrons. The van der Waals surface area contributed by atoms with Crippen molar-refractivity contribution in [2.24, 2.45) is 0 Å². The van der Waals surface area contributed by atoms with Gasteiger partial charge in [-0.15, -0.1) is 0 Å². The van der Waals surface area contributed by atoms with E-state index in [0.29, 0.717) is 0 Å². The maximum Gasteiger partial charge on any atom is 0.407 e. The van der Waals surface area contributed by atoms with Crippen molar-refractivity contribution < 1.29 is 19.1 Å². The van der Waals surface area contributed by atoms with Gasteiger partial charge in [0, 0.05) is 7.11 Å². The van der Waals surface area contributed by atoms with Crippen LogP contribution in [0.15, 0.2) is 0 Å². The lowest BCUT2D eigenvalue weighted by Crippen LogP contribution is -2.44. The zero-order valence-corrected chi connectivity index (χ0v) is 9.09. The summed E-state index contributed by atoms with van der Waals surface area (Å²) in [4.78, 5) is 21.9. The van der Waals surface area contributed by atoms with Crippen LogP contribution in [0, 0.1) is 0 Å². The van der Waals surface area contributed by atoms with Crippen molar-refractivity contribution in [3.8, 4) is 0 Å². The zero-order chi connectivity index (χ0) is 10.3. The van der Waals surface area contributed by atoms with Crippen molar-refractivity contribution in [2.45, 2.75) is 6.04 Å². The van der Waals surface area contributed by atoms with Crippen molar-refractivity contribution >= 4 is 27.8 Å². The molecule has 0 aromatic rings.